The van der Waals surface area contributed by atoms with Crippen LogP contribution in [-0.2, 0) is 0 Å². The summed E-state index contributed by atoms with van der Waals surface area (Å²) in [5.41, 5.74) is 2.79. The molecule has 0 aliphatic rings. The maximum atomic E-state index is 14.1. The number of fused-ring (bicyclic) bond motifs is 1. The minimum Gasteiger partial charge on any atom is -0.298 e. The van der Waals surface area contributed by atoms with E-state index in [2.05, 4.69) is 15.3 Å². The molecule has 33 heavy (non-hydrogen) atoms. The Morgan fingerprint density at radius 2 is 1.67 bits per heavy atom. The Balaban J connectivity index is 1.51. The highest BCUT2D eigenvalue weighted by atomic mass is 35.5. The number of carbonyl (C=O) groups excluding carboxylic acids is 1. The molecule has 0 fully saturated rings. The molecule has 0 spiro atoms. The van der Waals surface area contributed by atoms with Crippen molar-refractivity contribution in [3.63, 3.8) is 0 Å². The Morgan fingerprint density at radius 1 is 0.879 bits per heavy atom. The number of nitrogens with one attached hydrogen (secondary N) is 1. The van der Waals surface area contributed by atoms with Crippen LogP contribution in [0.3, 0.4) is 0 Å². The first-order valence-electron chi connectivity index (χ1n) is 9.86. The molecule has 0 unspecified atom stereocenters. The molecule has 0 saturated carbocycles. The minimum atomic E-state index is -0.720. The number of pyridine rings is 1. The molecule has 2 heterocycles. The van der Waals surface area contributed by atoms with E-state index in [-0.39, 0.29) is 11.5 Å². The molecular formula is C25H14ClF2N3OS. The van der Waals surface area contributed by atoms with E-state index in [1.54, 1.807) is 17.5 Å². The van der Waals surface area contributed by atoms with Crippen LogP contribution in [0.2, 0.25) is 5.02 Å². The van der Waals surface area contributed by atoms with Crippen LogP contribution in [0.4, 0.5) is 13.9 Å². The van der Waals surface area contributed by atoms with E-state index >= 15 is 0 Å². The van der Waals surface area contributed by atoms with Crippen molar-refractivity contribution in [3.05, 3.63) is 100 Å². The third kappa shape index (κ3) is 4.20. The fraction of sp³-hybridized carbons (Fsp3) is 0. The van der Waals surface area contributed by atoms with Crippen molar-refractivity contribution in [1.29, 1.82) is 0 Å². The van der Waals surface area contributed by atoms with Gasteiger partial charge in [0.15, 0.2) is 5.13 Å². The van der Waals surface area contributed by atoms with Crippen molar-refractivity contribution in [2.45, 2.75) is 0 Å². The normalized spacial score (nSPS) is 11.0. The molecule has 0 bridgehead atoms. The number of benzene rings is 3. The second-order valence-corrected chi connectivity index (χ2v) is 8.43. The number of rotatable bonds is 4. The van der Waals surface area contributed by atoms with Crippen molar-refractivity contribution < 1.29 is 13.6 Å². The first kappa shape index (κ1) is 21.2. The molecule has 162 valence electrons. The number of hydrogen-bond acceptors (Lipinski definition) is 4. The van der Waals surface area contributed by atoms with Gasteiger partial charge in [-0.25, -0.2) is 18.7 Å². The summed E-state index contributed by atoms with van der Waals surface area (Å²) in [5.74, 6) is -1.77. The topological polar surface area (TPSA) is 54.9 Å². The third-order valence-corrected chi connectivity index (χ3v) is 6.13. The first-order chi connectivity index (χ1) is 16.0. The van der Waals surface area contributed by atoms with Crippen LogP contribution in [-0.4, -0.2) is 15.9 Å². The lowest BCUT2D eigenvalue weighted by atomic mass is 10.0. The second kappa shape index (κ2) is 8.69. The molecule has 8 heteroatoms. The van der Waals surface area contributed by atoms with Crippen LogP contribution < -0.4 is 5.32 Å². The van der Waals surface area contributed by atoms with Crippen molar-refractivity contribution >= 4 is 44.9 Å². The third-order valence-electron chi connectivity index (χ3n) is 5.04. The monoisotopic (exact) mass is 477 g/mol. The maximum absolute atomic E-state index is 14.1. The zero-order chi connectivity index (χ0) is 22.9. The number of para-hydroxylation sites is 1. The van der Waals surface area contributed by atoms with Gasteiger partial charge in [-0.3, -0.25) is 10.1 Å². The number of halogens is 3. The molecule has 3 aromatic carbocycles. The van der Waals surface area contributed by atoms with Crippen molar-refractivity contribution in [3.8, 4) is 22.5 Å². The summed E-state index contributed by atoms with van der Waals surface area (Å²) in [6, 6.07) is 19.6. The Kier molecular flexibility index (Phi) is 5.58. The lowest BCUT2D eigenvalue weighted by molar-refractivity contribution is 0.102. The van der Waals surface area contributed by atoms with E-state index in [1.807, 2.05) is 42.5 Å². The van der Waals surface area contributed by atoms with Gasteiger partial charge in [-0.05, 0) is 30.3 Å². The number of thiazole rings is 1. The molecule has 0 aliphatic carbocycles. The van der Waals surface area contributed by atoms with E-state index in [4.69, 9.17) is 11.6 Å². The molecule has 5 rings (SSSR count). The van der Waals surface area contributed by atoms with Gasteiger partial charge in [0, 0.05) is 33.0 Å². The minimum absolute atomic E-state index is 0.156. The summed E-state index contributed by atoms with van der Waals surface area (Å²) in [5, 5.41) is 5.87. The number of amides is 1. The Morgan fingerprint density at radius 3 is 2.48 bits per heavy atom. The lowest BCUT2D eigenvalue weighted by Crippen LogP contribution is -2.13. The standard InChI is InChI=1S/C25H14ClF2N3OS/c26-19-7-3-1-6-16(19)22-12-18(15-5-2-4-8-21(15)29-22)24(32)31-25-30-23(13-33-25)17-10-9-14(27)11-20(17)28/h1-13H,(H,30,31,32). The van der Waals surface area contributed by atoms with Gasteiger partial charge in [-0.1, -0.05) is 48.0 Å². The molecular weight excluding hydrogens is 464 g/mol. The SMILES string of the molecule is O=C(Nc1nc(-c2ccc(F)cc2F)cs1)c1cc(-c2ccccc2Cl)nc2ccccc12. The van der Waals surface area contributed by atoms with E-state index in [0.717, 1.165) is 23.5 Å². The van der Waals surface area contributed by atoms with E-state index in [0.29, 0.717) is 43.6 Å². The van der Waals surface area contributed by atoms with Crippen LogP contribution in [0.5, 0.6) is 0 Å². The van der Waals surface area contributed by atoms with Gasteiger partial charge in [0.25, 0.3) is 5.91 Å². The number of anilines is 1. The van der Waals surface area contributed by atoms with E-state index in [9.17, 15) is 13.6 Å². The van der Waals surface area contributed by atoms with E-state index in [1.165, 1.54) is 6.07 Å². The number of nitrogens with zero attached hydrogens (tertiary/aromatic N) is 2. The molecule has 1 N–H and O–H groups in total. The van der Waals surface area contributed by atoms with Crippen LogP contribution in [0.15, 0.2) is 78.2 Å². The molecule has 1 amide bonds. The highest BCUT2D eigenvalue weighted by Gasteiger charge is 2.17. The summed E-state index contributed by atoms with van der Waals surface area (Å²) >= 11 is 7.50. The van der Waals surface area contributed by atoms with Crippen LogP contribution >= 0.6 is 22.9 Å². The van der Waals surface area contributed by atoms with Gasteiger partial charge in [-0.15, -0.1) is 11.3 Å². The second-order valence-electron chi connectivity index (χ2n) is 7.17. The van der Waals surface area contributed by atoms with Crippen LogP contribution in [0, 0.1) is 11.6 Å². The molecule has 2 aromatic heterocycles. The molecule has 0 saturated heterocycles. The van der Waals surface area contributed by atoms with Gasteiger partial charge >= 0.3 is 0 Å². The molecule has 0 radical (unpaired) electrons. The van der Waals surface area contributed by atoms with Crippen LogP contribution in [0.25, 0.3) is 33.4 Å². The fourth-order valence-corrected chi connectivity index (χ4v) is 4.42. The van der Waals surface area contributed by atoms with Gasteiger partial charge in [0.1, 0.15) is 11.6 Å². The quantitative estimate of drug-likeness (QED) is 0.297. The van der Waals surface area contributed by atoms with Crippen LogP contribution in [0.1, 0.15) is 10.4 Å². The van der Waals surface area contributed by atoms with Crippen molar-refractivity contribution in [2.75, 3.05) is 5.32 Å². The highest BCUT2D eigenvalue weighted by Crippen LogP contribution is 2.31. The van der Waals surface area contributed by atoms with Gasteiger partial charge < -0.3 is 0 Å². The summed E-state index contributed by atoms with van der Waals surface area (Å²) in [6.45, 7) is 0. The summed E-state index contributed by atoms with van der Waals surface area (Å²) in [4.78, 5) is 22.2. The number of hydrogen-bond donors (Lipinski definition) is 1. The summed E-state index contributed by atoms with van der Waals surface area (Å²) in [6.07, 6.45) is 0. The summed E-state index contributed by atoms with van der Waals surface area (Å²) in [7, 11) is 0. The van der Waals surface area contributed by atoms with Gasteiger partial charge in [0.2, 0.25) is 0 Å². The Bertz CT molecular complexity index is 1520. The summed E-state index contributed by atoms with van der Waals surface area (Å²) < 4.78 is 27.3. The van der Waals surface area contributed by atoms with E-state index < -0.39 is 11.6 Å². The zero-order valence-electron chi connectivity index (χ0n) is 16.9. The lowest BCUT2D eigenvalue weighted by Gasteiger charge is -2.10. The highest BCUT2D eigenvalue weighted by molar-refractivity contribution is 7.14. The average Bonchev–Trinajstić information content (AvgIpc) is 3.26. The average molecular weight is 478 g/mol. The predicted molar refractivity (Wildman–Crippen MR) is 128 cm³/mol. The number of aromatic nitrogens is 2. The molecule has 4 nitrogen and oxygen atoms in total. The molecule has 0 aliphatic heterocycles. The predicted octanol–water partition coefficient (Wildman–Crippen LogP) is 7.21. The zero-order valence-corrected chi connectivity index (χ0v) is 18.4. The molecule has 5 aromatic rings. The van der Waals surface area contributed by atoms with Gasteiger partial charge in [0.05, 0.1) is 22.5 Å². The fourth-order valence-electron chi connectivity index (χ4n) is 3.49. The first-order valence-corrected chi connectivity index (χ1v) is 11.1. The maximum Gasteiger partial charge on any atom is 0.258 e. The Labute approximate surface area is 196 Å². The van der Waals surface area contributed by atoms with Crippen molar-refractivity contribution in [1.82, 2.24) is 9.97 Å². The van der Waals surface area contributed by atoms with Gasteiger partial charge in [-0.2, -0.15) is 0 Å². The smallest absolute Gasteiger partial charge is 0.258 e. The number of carbonyl (C=O) groups is 1. The Hall–Kier alpha value is -3.68. The van der Waals surface area contributed by atoms with Crippen molar-refractivity contribution in [2.24, 2.45) is 0 Å². The largest absolute Gasteiger partial charge is 0.298 e. The molecule has 0 atom stereocenters.